The smallest absolute Gasteiger partial charge is 0.262 e. The van der Waals surface area contributed by atoms with Crippen molar-refractivity contribution in [2.75, 3.05) is 24.8 Å². The Morgan fingerprint density at radius 1 is 1.19 bits per heavy atom. The number of nitrogen functional groups attached to an aromatic ring is 1. The number of nitrogens with one attached hydrogen (secondary N) is 1. The zero-order valence-corrected chi connectivity index (χ0v) is 12.2. The summed E-state index contributed by atoms with van der Waals surface area (Å²) in [5, 5.41) is 3.28. The zero-order valence-electron chi connectivity index (χ0n) is 11.4. The number of anilines is 2. The van der Waals surface area contributed by atoms with Crippen LogP contribution in [0.25, 0.3) is 0 Å². The molecular formula is C15H15ClN2O3. The molecule has 0 atom stereocenters. The van der Waals surface area contributed by atoms with Gasteiger partial charge in [0, 0.05) is 11.1 Å². The van der Waals surface area contributed by atoms with Crippen LogP contribution in [-0.4, -0.2) is 19.6 Å². The average molecular weight is 307 g/mol. The molecule has 0 radical (unpaired) electrons. The van der Waals surface area contributed by atoms with Crippen molar-refractivity contribution in [3.05, 3.63) is 47.5 Å². The molecular weight excluding hydrogens is 292 g/mol. The number of amides is 1. The van der Waals surface area contributed by atoms with Gasteiger partial charge in [0.15, 0.2) is 6.61 Å². The van der Waals surface area contributed by atoms with Crippen LogP contribution in [0.2, 0.25) is 5.02 Å². The van der Waals surface area contributed by atoms with Crippen LogP contribution in [0.15, 0.2) is 42.5 Å². The fraction of sp³-hybridized carbons (Fsp3) is 0.133. The first kappa shape index (κ1) is 15.0. The fourth-order valence-electron chi connectivity index (χ4n) is 1.64. The molecule has 2 aromatic carbocycles. The molecule has 2 rings (SSSR count). The van der Waals surface area contributed by atoms with Gasteiger partial charge in [0.2, 0.25) is 0 Å². The number of hydrogen-bond donors (Lipinski definition) is 2. The molecule has 5 nitrogen and oxygen atoms in total. The standard InChI is InChI=1S/C15H15ClN2O3/c1-20-12-6-7-13(17)14(8-12)18-15(19)9-21-11-4-2-10(16)3-5-11/h2-8H,9,17H2,1H3,(H,18,19). The fourth-order valence-corrected chi connectivity index (χ4v) is 1.76. The van der Waals surface area contributed by atoms with Crippen LogP contribution in [0, 0.1) is 0 Å². The molecule has 1 amide bonds. The number of carbonyl (C=O) groups excluding carboxylic acids is 1. The molecule has 0 aliphatic heterocycles. The Labute approximate surface area is 127 Å². The van der Waals surface area contributed by atoms with Crippen molar-refractivity contribution in [3.8, 4) is 11.5 Å². The van der Waals surface area contributed by atoms with E-state index in [2.05, 4.69) is 5.32 Å². The van der Waals surface area contributed by atoms with E-state index in [1.54, 1.807) is 49.6 Å². The van der Waals surface area contributed by atoms with Crippen LogP contribution in [0.3, 0.4) is 0 Å². The number of ether oxygens (including phenoxy) is 2. The number of hydrogen-bond acceptors (Lipinski definition) is 4. The van der Waals surface area contributed by atoms with Crippen molar-refractivity contribution < 1.29 is 14.3 Å². The Bertz CT molecular complexity index is 629. The summed E-state index contributed by atoms with van der Waals surface area (Å²) >= 11 is 5.77. The molecule has 6 heteroatoms. The SMILES string of the molecule is COc1ccc(N)c(NC(=O)COc2ccc(Cl)cc2)c1. The van der Waals surface area contributed by atoms with Crippen molar-refractivity contribution in [2.24, 2.45) is 0 Å². The van der Waals surface area contributed by atoms with E-state index in [9.17, 15) is 4.79 Å². The normalized spacial score (nSPS) is 10.0. The number of halogens is 1. The molecule has 0 aliphatic rings. The second kappa shape index (κ2) is 6.85. The third-order valence-electron chi connectivity index (χ3n) is 2.72. The van der Waals surface area contributed by atoms with E-state index in [0.717, 1.165) is 0 Å². The van der Waals surface area contributed by atoms with Gasteiger partial charge >= 0.3 is 0 Å². The van der Waals surface area contributed by atoms with Gasteiger partial charge in [-0.25, -0.2) is 0 Å². The highest BCUT2D eigenvalue weighted by molar-refractivity contribution is 6.30. The number of methoxy groups -OCH3 is 1. The maximum absolute atomic E-state index is 11.8. The van der Waals surface area contributed by atoms with E-state index in [-0.39, 0.29) is 12.5 Å². The summed E-state index contributed by atoms with van der Waals surface area (Å²) < 4.78 is 10.4. The first-order chi connectivity index (χ1) is 10.1. The van der Waals surface area contributed by atoms with Gasteiger partial charge in [-0.15, -0.1) is 0 Å². The Balaban J connectivity index is 1.94. The first-order valence-corrected chi connectivity index (χ1v) is 6.58. The summed E-state index contributed by atoms with van der Waals surface area (Å²) in [5.41, 5.74) is 6.73. The van der Waals surface area contributed by atoms with Crippen LogP contribution in [0.4, 0.5) is 11.4 Å². The van der Waals surface area contributed by atoms with Crippen LogP contribution in [0.1, 0.15) is 0 Å². The quantitative estimate of drug-likeness (QED) is 0.833. The highest BCUT2D eigenvalue weighted by Gasteiger charge is 2.07. The van der Waals surface area contributed by atoms with Crippen molar-refractivity contribution >= 4 is 28.9 Å². The molecule has 0 fully saturated rings. The molecule has 21 heavy (non-hydrogen) atoms. The first-order valence-electron chi connectivity index (χ1n) is 6.20. The lowest BCUT2D eigenvalue weighted by atomic mass is 10.2. The largest absolute Gasteiger partial charge is 0.497 e. The summed E-state index contributed by atoms with van der Waals surface area (Å²) in [6, 6.07) is 11.8. The molecule has 2 aromatic rings. The van der Waals surface area contributed by atoms with Crippen molar-refractivity contribution in [1.29, 1.82) is 0 Å². The van der Waals surface area contributed by atoms with E-state index >= 15 is 0 Å². The lowest BCUT2D eigenvalue weighted by Crippen LogP contribution is -2.20. The Morgan fingerprint density at radius 2 is 1.86 bits per heavy atom. The number of rotatable bonds is 5. The van der Waals surface area contributed by atoms with E-state index in [1.165, 1.54) is 0 Å². The van der Waals surface area contributed by atoms with E-state index < -0.39 is 0 Å². The molecule has 110 valence electrons. The van der Waals surface area contributed by atoms with Crippen molar-refractivity contribution in [3.63, 3.8) is 0 Å². The van der Waals surface area contributed by atoms with Crippen molar-refractivity contribution in [2.45, 2.75) is 0 Å². The lowest BCUT2D eigenvalue weighted by molar-refractivity contribution is -0.118. The Hall–Kier alpha value is -2.40. The molecule has 3 N–H and O–H groups in total. The van der Waals surface area contributed by atoms with Gasteiger partial charge in [0.1, 0.15) is 11.5 Å². The third-order valence-corrected chi connectivity index (χ3v) is 2.97. The van der Waals surface area contributed by atoms with Gasteiger partial charge in [-0.2, -0.15) is 0 Å². The minimum atomic E-state index is -0.315. The number of nitrogens with two attached hydrogens (primary N) is 1. The van der Waals surface area contributed by atoms with Crippen LogP contribution in [-0.2, 0) is 4.79 Å². The molecule has 0 saturated heterocycles. The zero-order chi connectivity index (χ0) is 15.2. The minimum Gasteiger partial charge on any atom is -0.497 e. The molecule has 0 aliphatic carbocycles. The second-order valence-corrected chi connectivity index (χ2v) is 4.68. The van der Waals surface area contributed by atoms with Gasteiger partial charge in [-0.1, -0.05) is 11.6 Å². The van der Waals surface area contributed by atoms with Crippen LogP contribution in [0.5, 0.6) is 11.5 Å². The second-order valence-electron chi connectivity index (χ2n) is 4.24. The average Bonchev–Trinajstić information content (AvgIpc) is 2.49. The van der Waals surface area contributed by atoms with Gasteiger partial charge < -0.3 is 20.5 Å². The van der Waals surface area contributed by atoms with Crippen molar-refractivity contribution in [1.82, 2.24) is 0 Å². The number of benzene rings is 2. The number of carbonyl (C=O) groups is 1. The van der Waals surface area contributed by atoms with Gasteiger partial charge in [-0.05, 0) is 36.4 Å². The topological polar surface area (TPSA) is 73.6 Å². The Morgan fingerprint density at radius 3 is 2.52 bits per heavy atom. The molecule has 0 spiro atoms. The van der Waals surface area contributed by atoms with Gasteiger partial charge in [0.25, 0.3) is 5.91 Å². The summed E-state index contributed by atoms with van der Waals surface area (Å²) in [6.45, 7) is -0.127. The molecule has 0 saturated carbocycles. The van der Waals surface area contributed by atoms with E-state index in [4.69, 9.17) is 26.8 Å². The highest BCUT2D eigenvalue weighted by atomic mass is 35.5. The molecule has 0 unspecified atom stereocenters. The van der Waals surface area contributed by atoms with Crippen LogP contribution < -0.4 is 20.5 Å². The Kier molecular flexibility index (Phi) is 4.90. The van der Waals surface area contributed by atoms with Crippen LogP contribution >= 0.6 is 11.6 Å². The molecule has 0 bridgehead atoms. The summed E-state index contributed by atoms with van der Waals surface area (Å²) in [6.07, 6.45) is 0. The van der Waals surface area contributed by atoms with E-state index in [0.29, 0.717) is 27.9 Å². The lowest BCUT2D eigenvalue weighted by Gasteiger charge is -2.10. The minimum absolute atomic E-state index is 0.127. The predicted octanol–water partition coefficient (Wildman–Crippen LogP) is 2.95. The molecule has 0 aromatic heterocycles. The van der Waals surface area contributed by atoms with Gasteiger partial charge in [-0.3, -0.25) is 4.79 Å². The predicted molar refractivity (Wildman–Crippen MR) is 83.0 cm³/mol. The third kappa shape index (κ3) is 4.29. The monoisotopic (exact) mass is 306 g/mol. The maximum atomic E-state index is 11.8. The summed E-state index contributed by atoms with van der Waals surface area (Å²) in [7, 11) is 1.54. The van der Waals surface area contributed by atoms with Gasteiger partial charge in [0.05, 0.1) is 18.5 Å². The van der Waals surface area contributed by atoms with E-state index in [1.807, 2.05) is 0 Å². The molecule has 0 heterocycles. The summed E-state index contributed by atoms with van der Waals surface area (Å²) in [5.74, 6) is 0.858. The summed E-state index contributed by atoms with van der Waals surface area (Å²) in [4.78, 5) is 11.8. The maximum Gasteiger partial charge on any atom is 0.262 e. The highest BCUT2D eigenvalue weighted by Crippen LogP contribution is 2.24.